The molecule has 0 aliphatic carbocycles. The number of carbonyl (C=O) groups is 2. The van der Waals surface area contributed by atoms with Crippen LogP contribution in [0.5, 0.6) is 0 Å². The van der Waals surface area contributed by atoms with Gasteiger partial charge in [-0.25, -0.2) is 14.8 Å². The van der Waals surface area contributed by atoms with Crippen molar-refractivity contribution < 1.29 is 14.3 Å². The minimum absolute atomic E-state index is 0.0116. The number of ether oxygens (including phenoxy) is 1. The standard InChI is InChI=1S/C12H15Cl2N3O3/c1-12(2,3)20-11(19)17(4)7(5-18)8-9(13)15-6-16-10(8)14/h5-7H,1-4H3. The van der Waals surface area contributed by atoms with Crippen molar-refractivity contribution in [3.63, 3.8) is 0 Å². The van der Waals surface area contributed by atoms with Crippen LogP contribution in [0.2, 0.25) is 10.3 Å². The van der Waals surface area contributed by atoms with Crippen molar-refractivity contribution in [3.05, 3.63) is 22.2 Å². The van der Waals surface area contributed by atoms with E-state index in [4.69, 9.17) is 27.9 Å². The number of rotatable bonds is 3. The zero-order valence-corrected chi connectivity index (χ0v) is 13.1. The van der Waals surface area contributed by atoms with Crippen molar-refractivity contribution >= 4 is 35.6 Å². The largest absolute Gasteiger partial charge is 0.444 e. The molecule has 0 aliphatic rings. The van der Waals surface area contributed by atoms with E-state index in [0.717, 1.165) is 4.90 Å². The van der Waals surface area contributed by atoms with Crippen LogP contribution in [0.25, 0.3) is 0 Å². The first-order valence-electron chi connectivity index (χ1n) is 5.74. The molecule has 0 spiro atoms. The van der Waals surface area contributed by atoms with E-state index in [1.807, 2.05) is 0 Å². The summed E-state index contributed by atoms with van der Waals surface area (Å²) in [6.45, 7) is 5.17. The van der Waals surface area contributed by atoms with Gasteiger partial charge in [-0.15, -0.1) is 0 Å². The van der Waals surface area contributed by atoms with Gasteiger partial charge in [0, 0.05) is 7.05 Å². The van der Waals surface area contributed by atoms with E-state index in [9.17, 15) is 9.59 Å². The van der Waals surface area contributed by atoms with Crippen molar-refractivity contribution in [3.8, 4) is 0 Å². The van der Waals surface area contributed by atoms with Gasteiger partial charge in [0.05, 0.1) is 5.56 Å². The van der Waals surface area contributed by atoms with Crippen LogP contribution in [0, 0.1) is 0 Å². The first-order chi connectivity index (χ1) is 9.17. The number of nitrogens with zero attached hydrogens (tertiary/aromatic N) is 3. The van der Waals surface area contributed by atoms with Crippen LogP contribution in [-0.4, -0.2) is 39.9 Å². The molecule has 0 fully saturated rings. The second kappa shape index (κ2) is 6.37. The van der Waals surface area contributed by atoms with E-state index in [0.29, 0.717) is 6.29 Å². The summed E-state index contributed by atoms with van der Waals surface area (Å²) in [7, 11) is 1.41. The molecule has 0 bridgehead atoms. The number of halogens is 2. The molecule has 0 saturated carbocycles. The van der Waals surface area contributed by atoms with Gasteiger partial charge in [0.2, 0.25) is 0 Å². The number of likely N-dealkylation sites (N-methyl/N-ethyl adjacent to an activating group) is 1. The van der Waals surface area contributed by atoms with E-state index in [1.54, 1.807) is 20.8 Å². The van der Waals surface area contributed by atoms with Crippen LogP contribution in [0.4, 0.5) is 4.79 Å². The van der Waals surface area contributed by atoms with Crippen LogP contribution in [-0.2, 0) is 9.53 Å². The lowest BCUT2D eigenvalue weighted by molar-refractivity contribution is -0.112. The molecule has 1 aromatic heterocycles. The molecule has 1 amide bonds. The van der Waals surface area contributed by atoms with E-state index in [-0.39, 0.29) is 15.9 Å². The molecular weight excluding hydrogens is 305 g/mol. The summed E-state index contributed by atoms with van der Waals surface area (Å²) in [5, 5.41) is 0.0232. The maximum atomic E-state index is 12.0. The van der Waals surface area contributed by atoms with Crippen molar-refractivity contribution in [2.24, 2.45) is 0 Å². The second-order valence-electron chi connectivity index (χ2n) is 5.04. The third-order valence-corrected chi connectivity index (χ3v) is 2.91. The van der Waals surface area contributed by atoms with Crippen LogP contribution in [0.3, 0.4) is 0 Å². The molecule has 0 aliphatic heterocycles. The fourth-order valence-electron chi connectivity index (χ4n) is 1.40. The molecule has 0 radical (unpaired) electrons. The first kappa shape index (κ1) is 16.7. The second-order valence-corrected chi connectivity index (χ2v) is 5.76. The van der Waals surface area contributed by atoms with E-state index >= 15 is 0 Å². The quantitative estimate of drug-likeness (QED) is 0.632. The van der Waals surface area contributed by atoms with Gasteiger partial charge in [0.15, 0.2) is 0 Å². The first-order valence-corrected chi connectivity index (χ1v) is 6.50. The number of carbonyl (C=O) groups excluding carboxylic acids is 2. The Morgan fingerprint density at radius 1 is 1.35 bits per heavy atom. The predicted molar refractivity (Wildman–Crippen MR) is 74.9 cm³/mol. The molecule has 1 aromatic rings. The maximum Gasteiger partial charge on any atom is 0.410 e. The Morgan fingerprint density at radius 2 is 1.85 bits per heavy atom. The number of aromatic nitrogens is 2. The molecular formula is C12H15Cl2N3O3. The molecule has 110 valence electrons. The number of amides is 1. The van der Waals surface area contributed by atoms with Gasteiger partial charge in [0.25, 0.3) is 0 Å². The van der Waals surface area contributed by atoms with E-state index in [1.165, 1.54) is 13.4 Å². The zero-order chi connectivity index (χ0) is 15.5. The van der Waals surface area contributed by atoms with Gasteiger partial charge >= 0.3 is 6.09 Å². The van der Waals surface area contributed by atoms with Gasteiger partial charge in [-0.05, 0) is 20.8 Å². The molecule has 0 aromatic carbocycles. The summed E-state index contributed by atoms with van der Waals surface area (Å²) in [6, 6.07) is -1.02. The summed E-state index contributed by atoms with van der Waals surface area (Å²) in [6.07, 6.45) is 1.02. The summed E-state index contributed by atoms with van der Waals surface area (Å²) >= 11 is 11.8. The Kier molecular flexibility index (Phi) is 5.30. The van der Waals surface area contributed by atoms with Gasteiger partial charge < -0.3 is 9.53 Å². The van der Waals surface area contributed by atoms with E-state index < -0.39 is 17.7 Å². The average molecular weight is 320 g/mol. The van der Waals surface area contributed by atoms with Gasteiger partial charge in [-0.2, -0.15) is 0 Å². The normalized spacial score (nSPS) is 12.7. The Hall–Kier alpha value is -1.40. The van der Waals surface area contributed by atoms with Gasteiger partial charge in [-0.3, -0.25) is 4.90 Å². The summed E-state index contributed by atoms with van der Waals surface area (Å²) in [5.41, 5.74) is -0.515. The molecule has 1 unspecified atom stereocenters. The molecule has 1 rings (SSSR count). The monoisotopic (exact) mass is 319 g/mol. The number of aldehydes is 1. The Balaban J connectivity index is 3.08. The minimum Gasteiger partial charge on any atom is -0.444 e. The topological polar surface area (TPSA) is 72.4 Å². The third kappa shape index (κ3) is 4.05. The summed E-state index contributed by atoms with van der Waals surface area (Å²) in [4.78, 5) is 31.9. The third-order valence-electron chi connectivity index (χ3n) is 2.31. The van der Waals surface area contributed by atoms with Crippen LogP contribution < -0.4 is 0 Å². The SMILES string of the molecule is CN(C(=O)OC(C)(C)C)C(C=O)c1c(Cl)ncnc1Cl. The lowest BCUT2D eigenvalue weighted by Gasteiger charge is -2.28. The average Bonchev–Trinajstić information content (AvgIpc) is 2.31. The molecule has 0 saturated heterocycles. The lowest BCUT2D eigenvalue weighted by atomic mass is 10.1. The van der Waals surface area contributed by atoms with Crippen LogP contribution in [0.1, 0.15) is 32.4 Å². The Morgan fingerprint density at radius 3 is 2.25 bits per heavy atom. The molecule has 1 atom stereocenters. The fraction of sp³-hybridized carbons (Fsp3) is 0.500. The predicted octanol–water partition coefficient (Wildman–Crippen LogP) is 2.89. The molecule has 6 nitrogen and oxygen atoms in total. The minimum atomic E-state index is -1.02. The molecule has 1 heterocycles. The van der Waals surface area contributed by atoms with Gasteiger partial charge in [-0.1, -0.05) is 23.2 Å². The smallest absolute Gasteiger partial charge is 0.410 e. The number of hydrogen-bond donors (Lipinski definition) is 0. The number of hydrogen-bond acceptors (Lipinski definition) is 5. The Bertz CT molecular complexity index is 497. The molecule has 8 heteroatoms. The molecule has 0 N–H and O–H groups in total. The summed E-state index contributed by atoms with van der Waals surface area (Å²) in [5.74, 6) is 0. The highest BCUT2D eigenvalue weighted by molar-refractivity contribution is 6.34. The highest BCUT2D eigenvalue weighted by Crippen LogP contribution is 2.29. The van der Waals surface area contributed by atoms with Crippen molar-refractivity contribution in [1.82, 2.24) is 14.9 Å². The van der Waals surface area contributed by atoms with Crippen molar-refractivity contribution in [1.29, 1.82) is 0 Å². The van der Waals surface area contributed by atoms with Crippen molar-refractivity contribution in [2.45, 2.75) is 32.4 Å². The fourth-order valence-corrected chi connectivity index (χ4v) is 1.94. The highest BCUT2D eigenvalue weighted by Gasteiger charge is 2.29. The van der Waals surface area contributed by atoms with Crippen LogP contribution >= 0.6 is 23.2 Å². The Labute approximate surface area is 127 Å². The zero-order valence-electron chi connectivity index (χ0n) is 11.6. The maximum absolute atomic E-state index is 12.0. The van der Waals surface area contributed by atoms with Crippen LogP contribution in [0.15, 0.2) is 6.33 Å². The highest BCUT2D eigenvalue weighted by atomic mass is 35.5. The summed E-state index contributed by atoms with van der Waals surface area (Å²) < 4.78 is 5.18. The molecule has 20 heavy (non-hydrogen) atoms. The van der Waals surface area contributed by atoms with Gasteiger partial charge in [0.1, 0.15) is 34.6 Å². The van der Waals surface area contributed by atoms with Crippen molar-refractivity contribution in [2.75, 3.05) is 7.05 Å². The lowest BCUT2D eigenvalue weighted by Crippen LogP contribution is -2.37. The van der Waals surface area contributed by atoms with E-state index in [2.05, 4.69) is 9.97 Å².